The summed E-state index contributed by atoms with van der Waals surface area (Å²) in [5, 5.41) is 10.2. The summed E-state index contributed by atoms with van der Waals surface area (Å²) in [5.74, 6) is 5.57. The molecule has 0 radical (unpaired) electrons. The van der Waals surface area contributed by atoms with Crippen LogP contribution in [0.25, 0.3) is 0 Å². The van der Waals surface area contributed by atoms with E-state index in [2.05, 4.69) is 20.8 Å². The maximum absolute atomic E-state index is 11.1. The smallest absolute Gasteiger partial charge is 0.393 e. The van der Waals surface area contributed by atoms with Gasteiger partial charge in [0, 0.05) is 10.1 Å². The van der Waals surface area contributed by atoms with Gasteiger partial charge >= 0.3 is 11.7 Å². The molecule has 4 aliphatic carbocycles. The average Bonchev–Trinajstić information content (AvgIpc) is 2.93. The lowest BCUT2D eigenvalue weighted by Crippen LogP contribution is -2.54. The quantitative estimate of drug-likeness (QED) is 0.709. The van der Waals surface area contributed by atoms with E-state index in [-0.39, 0.29) is 6.10 Å². The molecule has 142 valence electrons. The average molecular weight is 366 g/mol. The molecule has 0 spiro atoms. The molecule has 0 heterocycles. The van der Waals surface area contributed by atoms with Gasteiger partial charge < -0.3 is 5.11 Å². The third kappa shape index (κ3) is 2.74. The SMILES string of the molecule is C[C@H](C[S+]=O)C1CCC2[C@@H]3CCC4C[C@@H](O)CC[C@]4(C)C3CC[C@@]21C. The highest BCUT2D eigenvalue weighted by atomic mass is 32.1. The lowest BCUT2D eigenvalue weighted by atomic mass is 9.44. The standard InChI is InChI=1S/C22H37O2S/c1-14(13-25-24)18-6-7-19-17-5-4-15-12-16(23)8-10-21(15,2)20(17)9-11-22(18,19)3/h14-20,23H,4-13H2,1-3H3/q+1/t14-,15?,16+,17+,18?,19?,20?,21+,22-/m1/s1. The predicted octanol–water partition coefficient (Wildman–Crippen LogP) is 5.07. The molecule has 4 unspecified atom stereocenters. The third-order valence-corrected chi connectivity index (χ3v) is 10.4. The number of hydrogen-bond donors (Lipinski definition) is 1. The van der Waals surface area contributed by atoms with Crippen LogP contribution in [-0.2, 0) is 15.9 Å². The molecule has 25 heavy (non-hydrogen) atoms. The fraction of sp³-hybridized carbons (Fsp3) is 1.00. The molecule has 1 N–H and O–H groups in total. The number of aliphatic hydroxyl groups excluding tert-OH is 1. The molecule has 4 aliphatic rings. The zero-order valence-corrected chi connectivity index (χ0v) is 17.2. The lowest BCUT2D eigenvalue weighted by molar-refractivity contribution is -0.128. The lowest BCUT2D eigenvalue weighted by Gasteiger charge is -2.61. The van der Waals surface area contributed by atoms with Crippen LogP contribution in [0.15, 0.2) is 0 Å². The van der Waals surface area contributed by atoms with Crippen LogP contribution in [0.4, 0.5) is 0 Å². The molecule has 4 rings (SSSR count). The summed E-state index contributed by atoms with van der Waals surface area (Å²) in [6.07, 6.45) is 11.6. The van der Waals surface area contributed by atoms with Gasteiger partial charge in [0.1, 0.15) is 0 Å². The van der Waals surface area contributed by atoms with Gasteiger partial charge in [-0.15, -0.1) is 0 Å². The summed E-state index contributed by atoms with van der Waals surface area (Å²) in [6.45, 7) is 7.48. The largest absolute Gasteiger partial charge is 0.458 e. The van der Waals surface area contributed by atoms with Crippen molar-refractivity contribution in [3.8, 4) is 0 Å². The molecule has 0 saturated heterocycles. The van der Waals surface area contributed by atoms with E-state index < -0.39 is 0 Å². The van der Waals surface area contributed by atoms with Crippen LogP contribution >= 0.6 is 0 Å². The van der Waals surface area contributed by atoms with E-state index in [0.29, 0.717) is 16.7 Å². The first-order chi connectivity index (χ1) is 11.9. The summed E-state index contributed by atoms with van der Waals surface area (Å²) in [5.41, 5.74) is 0.964. The van der Waals surface area contributed by atoms with Crippen LogP contribution in [0, 0.1) is 46.3 Å². The Kier molecular flexibility index (Phi) is 4.81. The van der Waals surface area contributed by atoms with Gasteiger partial charge in [-0.1, -0.05) is 20.8 Å². The molecule has 4 saturated carbocycles. The molecule has 0 bridgehead atoms. The van der Waals surface area contributed by atoms with Crippen LogP contribution in [0.3, 0.4) is 0 Å². The molecule has 4 fully saturated rings. The van der Waals surface area contributed by atoms with Crippen molar-refractivity contribution < 1.29 is 9.32 Å². The van der Waals surface area contributed by atoms with Crippen molar-refractivity contribution in [3.05, 3.63) is 0 Å². The molecule has 3 heteroatoms. The Morgan fingerprint density at radius 3 is 2.48 bits per heavy atom. The van der Waals surface area contributed by atoms with Crippen LogP contribution in [0.5, 0.6) is 0 Å². The first-order valence-corrected chi connectivity index (χ1v) is 11.7. The first kappa shape index (κ1) is 18.3. The molecule has 0 amide bonds. The minimum atomic E-state index is -0.0372. The van der Waals surface area contributed by atoms with Gasteiger partial charge in [-0.3, -0.25) is 0 Å². The third-order valence-electron chi connectivity index (χ3n) is 9.73. The Morgan fingerprint density at radius 1 is 1.00 bits per heavy atom. The molecule has 0 aromatic heterocycles. The van der Waals surface area contributed by atoms with Gasteiger partial charge in [-0.2, -0.15) is 0 Å². The number of fused-ring (bicyclic) bond motifs is 5. The fourth-order valence-electron chi connectivity index (χ4n) is 8.43. The van der Waals surface area contributed by atoms with Crippen molar-refractivity contribution in [2.75, 3.05) is 5.75 Å². The van der Waals surface area contributed by atoms with E-state index in [4.69, 9.17) is 0 Å². The van der Waals surface area contributed by atoms with Gasteiger partial charge in [0.05, 0.1) is 6.10 Å². The monoisotopic (exact) mass is 365 g/mol. The van der Waals surface area contributed by atoms with Crippen LogP contribution in [0.1, 0.15) is 78.6 Å². The van der Waals surface area contributed by atoms with Gasteiger partial charge in [0.15, 0.2) is 0 Å². The molecule has 0 aliphatic heterocycles. The summed E-state index contributed by atoms with van der Waals surface area (Å²) >= 11 is 0.798. The van der Waals surface area contributed by atoms with Crippen molar-refractivity contribution in [2.24, 2.45) is 46.3 Å². The van der Waals surface area contributed by atoms with Crippen molar-refractivity contribution in [2.45, 2.75) is 84.7 Å². The number of aliphatic hydroxyl groups is 1. The maximum Gasteiger partial charge on any atom is 0.458 e. The van der Waals surface area contributed by atoms with Gasteiger partial charge in [0.2, 0.25) is 5.75 Å². The van der Waals surface area contributed by atoms with Crippen molar-refractivity contribution in [1.82, 2.24) is 0 Å². The second kappa shape index (κ2) is 6.55. The molecule has 0 aromatic rings. The van der Waals surface area contributed by atoms with E-state index >= 15 is 0 Å². The van der Waals surface area contributed by atoms with Gasteiger partial charge in [0.25, 0.3) is 0 Å². The maximum atomic E-state index is 11.1. The summed E-state index contributed by atoms with van der Waals surface area (Å²) < 4.78 is 11.1. The zero-order valence-electron chi connectivity index (χ0n) is 16.4. The van der Waals surface area contributed by atoms with E-state index in [1.165, 1.54) is 44.9 Å². The number of rotatable bonds is 3. The molecular weight excluding hydrogens is 328 g/mol. The van der Waals surface area contributed by atoms with Crippen molar-refractivity contribution in [1.29, 1.82) is 0 Å². The van der Waals surface area contributed by atoms with E-state index in [1.807, 2.05) is 0 Å². The molecule has 0 aromatic carbocycles. The Hall–Kier alpha value is -0.0200. The predicted molar refractivity (Wildman–Crippen MR) is 103 cm³/mol. The van der Waals surface area contributed by atoms with Crippen LogP contribution < -0.4 is 0 Å². The molecule has 2 nitrogen and oxygen atoms in total. The van der Waals surface area contributed by atoms with Gasteiger partial charge in [-0.25, -0.2) is 0 Å². The normalized spacial score (nSPS) is 53.4. The Balaban J connectivity index is 1.57. The first-order valence-electron chi connectivity index (χ1n) is 10.8. The van der Waals surface area contributed by atoms with Crippen LogP contribution in [0.2, 0.25) is 0 Å². The second-order valence-corrected chi connectivity index (χ2v) is 11.1. The highest BCUT2D eigenvalue weighted by Gasteiger charge is 2.60. The van der Waals surface area contributed by atoms with E-state index in [9.17, 15) is 9.32 Å². The fourth-order valence-corrected chi connectivity index (χ4v) is 8.88. The number of hydrogen-bond acceptors (Lipinski definition) is 2. The van der Waals surface area contributed by atoms with E-state index in [0.717, 1.165) is 59.9 Å². The Bertz CT molecular complexity index is 522. The van der Waals surface area contributed by atoms with E-state index in [1.54, 1.807) is 0 Å². The second-order valence-electron chi connectivity index (χ2n) is 10.6. The zero-order chi connectivity index (χ0) is 17.8. The Morgan fingerprint density at radius 2 is 1.72 bits per heavy atom. The summed E-state index contributed by atoms with van der Waals surface area (Å²) in [7, 11) is 0. The van der Waals surface area contributed by atoms with Crippen molar-refractivity contribution in [3.63, 3.8) is 0 Å². The summed E-state index contributed by atoms with van der Waals surface area (Å²) in [4.78, 5) is 0. The Labute approximate surface area is 158 Å². The highest BCUT2D eigenvalue weighted by molar-refractivity contribution is 7.65. The topological polar surface area (TPSA) is 37.3 Å². The van der Waals surface area contributed by atoms with Crippen molar-refractivity contribution >= 4 is 11.7 Å². The van der Waals surface area contributed by atoms with Crippen LogP contribution in [-0.4, -0.2) is 17.0 Å². The van der Waals surface area contributed by atoms with Gasteiger partial charge in [-0.05, 0) is 98.2 Å². The highest BCUT2D eigenvalue weighted by Crippen LogP contribution is 2.68. The summed E-state index contributed by atoms with van der Waals surface area (Å²) in [6, 6.07) is 0. The minimum absolute atomic E-state index is 0.0372. The minimum Gasteiger partial charge on any atom is -0.393 e. The molecule has 9 atom stereocenters. The molecular formula is C22H37O2S+.